The normalized spacial score (nSPS) is 26.0. The summed E-state index contributed by atoms with van der Waals surface area (Å²) in [6.45, 7) is 4.52. The van der Waals surface area contributed by atoms with Crippen LogP contribution in [0.15, 0.2) is 30.5 Å². The predicted octanol–water partition coefficient (Wildman–Crippen LogP) is 1.87. The lowest BCUT2D eigenvalue weighted by atomic mass is 9.85. The second kappa shape index (κ2) is 4.68. The highest BCUT2D eigenvalue weighted by molar-refractivity contribution is 6.61. The monoisotopic (exact) mass is 293 g/mol. The van der Waals surface area contributed by atoms with Gasteiger partial charge in [0.1, 0.15) is 0 Å². The quantitative estimate of drug-likeness (QED) is 0.793. The van der Waals surface area contributed by atoms with Crippen LogP contribution in [-0.4, -0.2) is 33.1 Å². The molecular formula is C15H20BN3O2. The van der Waals surface area contributed by atoms with E-state index in [1.807, 2.05) is 27.7 Å². The molecular weight excluding hydrogens is 265 g/mol. The number of hydrogen-bond acceptors (Lipinski definition) is 4. The molecule has 3 heterocycles. The molecule has 0 aliphatic carbocycles. The zero-order valence-electron chi connectivity index (χ0n) is 20.2. The van der Waals surface area contributed by atoms with Crippen molar-refractivity contribution in [1.29, 1.82) is 0 Å². The van der Waals surface area contributed by atoms with Gasteiger partial charge in [0.25, 0.3) is 0 Å². The minimum atomic E-state index is -2.78. The van der Waals surface area contributed by atoms with Crippen molar-refractivity contribution in [2.24, 2.45) is 0 Å². The van der Waals surface area contributed by atoms with E-state index in [0.717, 1.165) is 4.68 Å². The highest BCUT2D eigenvalue weighted by Crippen LogP contribution is 2.36. The van der Waals surface area contributed by atoms with E-state index in [2.05, 4.69) is 10.1 Å². The van der Waals surface area contributed by atoms with Crippen LogP contribution in [0.1, 0.15) is 44.2 Å². The van der Waals surface area contributed by atoms with Crippen molar-refractivity contribution in [2.75, 3.05) is 0 Å². The molecule has 0 N–H and O–H groups in total. The van der Waals surface area contributed by atoms with E-state index in [9.17, 15) is 0 Å². The average Bonchev–Trinajstić information content (AvgIpc) is 2.95. The Hall–Kier alpha value is -1.66. The molecule has 1 aliphatic rings. The molecule has 2 aromatic heterocycles. The predicted molar refractivity (Wildman–Crippen MR) is 81.8 cm³/mol. The molecule has 5 nitrogen and oxygen atoms in total. The maximum absolute atomic E-state index is 8.20. The van der Waals surface area contributed by atoms with Crippen molar-refractivity contribution >= 4 is 12.7 Å². The van der Waals surface area contributed by atoms with Gasteiger partial charge in [0.05, 0.1) is 23.6 Å². The summed E-state index contributed by atoms with van der Waals surface area (Å²) in [5.41, 5.74) is -2.05. The molecule has 1 fully saturated rings. The third-order valence-corrected chi connectivity index (χ3v) is 3.75. The third-order valence-electron chi connectivity index (χ3n) is 3.75. The lowest BCUT2D eigenvalue weighted by Gasteiger charge is -2.32. The zero-order valence-corrected chi connectivity index (χ0v) is 12.2. The Morgan fingerprint density at radius 3 is 2.57 bits per heavy atom. The van der Waals surface area contributed by atoms with E-state index in [-0.39, 0.29) is 17.5 Å². The Morgan fingerprint density at radius 1 is 1.19 bits per heavy atom. The molecule has 6 heteroatoms. The standard InChI is InChI=1S/C15H20BN3O2/c1-11-6-7-13(17-10-11)19-9-8-12(18-19)16-20-14(2,3)15(4,5)21-16/h6-10H,1-5H3/i1D3,6D,7D,8D,9D,10D. The molecule has 0 unspecified atom stereocenters. The van der Waals surface area contributed by atoms with Crippen LogP contribution in [0, 0.1) is 6.85 Å². The van der Waals surface area contributed by atoms with Gasteiger partial charge in [0.15, 0.2) is 5.82 Å². The number of pyridine rings is 1. The van der Waals surface area contributed by atoms with Gasteiger partial charge in [-0.15, -0.1) is 0 Å². The summed E-state index contributed by atoms with van der Waals surface area (Å²) in [5, 5.41) is 4.13. The third kappa shape index (κ3) is 2.49. The molecule has 0 bridgehead atoms. The van der Waals surface area contributed by atoms with Crippen LogP contribution < -0.4 is 5.59 Å². The van der Waals surface area contributed by atoms with Gasteiger partial charge in [0.2, 0.25) is 0 Å². The summed E-state index contributed by atoms with van der Waals surface area (Å²) >= 11 is 0. The molecule has 3 rings (SSSR count). The molecule has 2 aromatic rings. The fraction of sp³-hybridized carbons (Fsp3) is 0.467. The van der Waals surface area contributed by atoms with Gasteiger partial charge in [-0.05, 0) is 52.2 Å². The maximum Gasteiger partial charge on any atom is 0.516 e. The maximum atomic E-state index is 8.20. The van der Waals surface area contributed by atoms with Gasteiger partial charge in [-0.25, -0.2) is 9.67 Å². The van der Waals surface area contributed by atoms with E-state index >= 15 is 0 Å². The Bertz CT molecular complexity index is 973. The number of nitrogens with zero attached hydrogens (tertiary/aromatic N) is 3. The first-order valence-corrected chi connectivity index (χ1v) is 6.49. The molecule has 0 saturated carbocycles. The second-order valence-corrected chi connectivity index (χ2v) is 5.79. The van der Waals surface area contributed by atoms with Crippen LogP contribution in [-0.2, 0) is 9.31 Å². The van der Waals surface area contributed by atoms with Crippen LogP contribution in [0.2, 0.25) is 0 Å². The van der Waals surface area contributed by atoms with Crippen LogP contribution in [0.25, 0.3) is 5.82 Å². The largest absolute Gasteiger partial charge is 0.516 e. The van der Waals surface area contributed by atoms with Gasteiger partial charge < -0.3 is 9.31 Å². The van der Waals surface area contributed by atoms with E-state index in [0.29, 0.717) is 0 Å². The van der Waals surface area contributed by atoms with E-state index in [1.54, 1.807) is 0 Å². The summed E-state index contributed by atoms with van der Waals surface area (Å²) in [6.07, 6.45) is -1.16. The SMILES string of the molecule is [2H]c1nc(-n2nc(B3OC(C)(C)C(C)(C)O3)c([2H])c2[2H])c([2H])c([2H])c1C([2H])([2H])[2H]. The van der Waals surface area contributed by atoms with Gasteiger partial charge in [-0.2, -0.15) is 5.10 Å². The van der Waals surface area contributed by atoms with Crippen LogP contribution in [0.3, 0.4) is 0 Å². The lowest BCUT2D eigenvalue weighted by Crippen LogP contribution is -2.41. The topological polar surface area (TPSA) is 49.2 Å². The van der Waals surface area contributed by atoms with Crippen LogP contribution >= 0.6 is 0 Å². The van der Waals surface area contributed by atoms with Crippen molar-refractivity contribution in [3.05, 3.63) is 36.0 Å². The molecule has 110 valence electrons. The van der Waals surface area contributed by atoms with Crippen molar-refractivity contribution < 1.29 is 20.3 Å². The summed E-state index contributed by atoms with van der Waals surface area (Å²) < 4.78 is 75.2. The first-order chi connectivity index (χ1) is 13.1. The van der Waals surface area contributed by atoms with Crippen LogP contribution in [0.4, 0.5) is 0 Å². The van der Waals surface area contributed by atoms with Crippen molar-refractivity contribution in [3.8, 4) is 5.82 Å². The number of hydrogen-bond donors (Lipinski definition) is 0. The molecule has 0 spiro atoms. The zero-order chi connectivity index (χ0) is 22.1. The minimum Gasteiger partial charge on any atom is -0.398 e. The Kier molecular flexibility index (Phi) is 1.68. The van der Waals surface area contributed by atoms with Gasteiger partial charge in [-0.1, -0.05) is 6.04 Å². The van der Waals surface area contributed by atoms with Gasteiger partial charge >= 0.3 is 7.12 Å². The van der Waals surface area contributed by atoms with E-state index in [4.69, 9.17) is 20.3 Å². The molecule has 21 heavy (non-hydrogen) atoms. The Balaban J connectivity index is 2.13. The average molecular weight is 293 g/mol. The first kappa shape index (κ1) is 7.56. The molecule has 0 radical (unpaired) electrons. The number of aromatic nitrogens is 3. The smallest absolute Gasteiger partial charge is 0.398 e. The Morgan fingerprint density at radius 2 is 1.90 bits per heavy atom. The highest BCUT2D eigenvalue weighted by Gasteiger charge is 2.52. The summed E-state index contributed by atoms with van der Waals surface area (Å²) in [5.74, 6) is -0.380. The highest BCUT2D eigenvalue weighted by atomic mass is 16.7. The summed E-state index contributed by atoms with van der Waals surface area (Å²) in [4.78, 5) is 3.78. The second-order valence-electron chi connectivity index (χ2n) is 5.79. The summed E-state index contributed by atoms with van der Waals surface area (Å²) in [7, 11) is -1.03. The molecule has 1 saturated heterocycles. The van der Waals surface area contributed by atoms with Gasteiger partial charge in [-0.3, -0.25) is 0 Å². The van der Waals surface area contributed by atoms with Crippen molar-refractivity contribution in [1.82, 2.24) is 14.8 Å². The molecule has 0 amide bonds. The van der Waals surface area contributed by atoms with Crippen LogP contribution in [0.5, 0.6) is 0 Å². The van der Waals surface area contributed by atoms with E-state index in [1.165, 1.54) is 0 Å². The minimum absolute atomic E-state index is 0.00666. The van der Waals surface area contributed by atoms with Crippen molar-refractivity contribution in [2.45, 2.75) is 45.7 Å². The van der Waals surface area contributed by atoms with Crippen molar-refractivity contribution in [3.63, 3.8) is 0 Å². The fourth-order valence-electron chi connectivity index (χ4n) is 1.81. The lowest BCUT2D eigenvalue weighted by molar-refractivity contribution is 0.00578. The molecule has 0 aromatic carbocycles. The first-order valence-electron chi connectivity index (χ1n) is 10.5. The Labute approximate surface area is 136 Å². The van der Waals surface area contributed by atoms with Gasteiger partial charge in [0, 0.05) is 16.5 Å². The summed E-state index contributed by atoms with van der Waals surface area (Å²) in [6, 6.07) is -1.62. The molecule has 0 atom stereocenters. The molecule has 1 aliphatic heterocycles. The van der Waals surface area contributed by atoms with E-state index < -0.39 is 55.2 Å². The number of rotatable bonds is 2. The fourth-order valence-corrected chi connectivity index (χ4v) is 1.81.